The Labute approximate surface area is 101 Å². The minimum Gasteiger partial charge on any atom is -0.373 e. The van der Waals surface area contributed by atoms with E-state index in [1.807, 2.05) is 7.05 Å². The highest BCUT2D eigenvalue weighted by Crippen LogP contribution is 2.27. The fourth-order valence-electron chi connectivity index (χ4n) is 1.59. The van der Waals surface area contributed by atoms with Gasteiger partial charge < -0.3 is 16.4 Å². The quantitative estimate of drug-likeness (QED) is 0.684. The summed E-state index contributed by atoms with van der Waals surface area (Å²) in [6.07, 6.45) is 1.78. The molecule has 0 bridgehead atoms. The van der Waals surface area contributed by atoms with Crippen LogP contribution < -0.4 is 16.4 Å². The molecule has 0 unspecified atom stereocenters. The molecular weight excluding hydrogens is 218 g/mol. The normalized spacial score (nSPS) is 10.4. The number of primary amides is 1. The molecule has 4 N–H and O–H groups in total. The number of hydrogen-bond acceptors (Lipinski definition) is 5. The number of amides is 1. The second-order valence-corrected chi connectivity index (χ2v) is 4.03. The van der Waals surface area contributed by atoms with E-state index in [4.69, 9.17) is 5.73 Å². The van der Waals surface area contributed by atoms with Crippen LogP contribution in [0.5, 0.6) is 0 Å². The Balaban J connectivity index is 2.86. The van der Waals surface area contributed by atoms with E-state index < -0.39 is 0 Å². The van der Waals surface area contributed by atoms with Crippen LogP contribution in [-0.2, 0) is 4.79 Å². The van der Waals surface area contributed by atoms with Crippen molar-refractivity contribution in [1.82, 2.24) is 9.97 Å². The lowest BCUT2D eigenvalue weighted by Crippen LogP contribution is -2.17. The first-order chi connectivity index (χ1) is 8.06. The number of nitrogens with zero attached hydrogens (tertiary/aromatic N) is 2. The Morgan fingerprint density at radius 2 is 2.06 bits per heavy atom. The van der Waals surface area contributed by atoms with Crippen molar-refractivity contribution in [2.45, 2.75) is 26.2 Å². The van der Waals surface area contributed by atoms with Gasteiger partial charge in [-0.05, 0) is 5.92 Å². The Kier molecular flexibility index (Phi) is 4.68. The monoisotopic (exact) mass is 237 g/mol. The van der Waals surface area contributed by atoms with Crippen molar-refractivity contribution >= 4 is 17.5 Å². The van der Waals surface area contributed by atoms with Gasteiger partial charge in [-0.2, -0.15) is 0 Å². The molecule has 0 fully saturated rings. The number of hydrogen-bond donors (Lipinski definition) is 3. The first kappa shape index (κ1) is 13.2. The molecule has 0 radical (unpaired) electrons. The van der Waals surface area contributed by atoms with Crippen LogP contribution in [0.15, 0.2) is 6.33 Å². The van der Waals surface area contributed by atoms with E-state index >= 15 is 0 Å². The maximum Gasteiger partial charge on any atom is 0.219 e. The van der Waals surface area contributed by atoms with E-state index in [2.05, 4.69) is 34.4 Å². The highest BCUT2D eigenvalue weighted by Gasteiger charge is 2.13. The van der Waals surface area contributed by atoms with Crippen LogP contribution in [0.1, 0.15) is 31.7 Å². The fraction of sp³-hybridized carbons (Fsp3) is 0.545. The second-order valence-electron chi connectivity index (χ2n) is 4.03. The van der Waals surface area contributed by atoms with Crippen LogP contribution in [0.4, 0.5) is 11.6 Å². The minimum atomic E-state index is -0.327. The summed E-state index contributed by atoms with van der Waals surface area (Å²) in [5, 5.41) is 6.14. The maximum absolute atomic E-state index is 10.7. The van der Waals surface area contributed by atoms with Crippen LogP contribution in [0.3, 0.4) is 0 Å². The van der Waals surface area contributed by atoms with Crippen LogP contribution in [-0.4, -0.2) is 29.5 Å². The Bertz CT molecular complexity index is 391. The summed E-state index contributed by atoms with van der Waals surface area (Å²) in [4.78, 5) is 19.0. The molecule has 6 nitrogen and oxygen atoms in total. The van der Waals surface area contributed by atoms with Crippen LogP contribution >= 0.6 is 0 Å². The zero-order chi connectivity index (χ0) is 12.8. The highest BCUT2D eigenvalue weighted by atomic mass is 16.1. The van der Waals surface area contributed by atoms with Gasteiger partial charge >= 0.3 is 0 Å². The molecule has 1 rings (SSSR count). The molecule has 0 aliphatic heterocycles. The van der Waals surface area contributed by atoms with E-state index in [-0.39, 0.29) is 18.2 Å². The van der Waals surface area contributed by atoms with Crippen LogP contribution in [0.25, 0.3) is 0 Å². The maximum atomic E-state index is 10.7. The van der Waals surface area contributed by atoms with Crippen LogP contribution in [0.2, 0.25) is 0 Å². The third-order valence-electron chi connectivity index (χ3n) is 2.36. The van der Waals surface area contributed by atoms with Crippen molar-refractivity contribution < 1.29 is 4.79 Å². The highest BCUT2D eigenvalue weighted by molar-refractivity contribution is 5.74. The predicted octanol–water partition coefficient (Wildman–Crippen LogP) is 0.929. The molecule has 6 heteroatoms. The van der Waals surface area contributed by atoms with Gasteiger partial charge in [-0.1, -0.05) is 13.8 Å². The molecule has 17 heavy (non-hydrogen) atoms. The summed E-state index contributed by atoms with van der Waals surface area (Å²) >= 11 is 0. The summed E-state index contributed by atoms with van der Waals surface area (Å²) in [5.74, 6) is 1.51. The molecule has 0 atom stereocenters. The standard InChI is InChI=1S/C11H19N5O/c1-7(2)9-10(13-3)15-6-16-11(9)14-5-4-8(12)17/h6-7H,4-5H2,1-3H3,(H2,12,17)(H2,13,14,15,16). The van der Waals surface area contributed by atoms with E-state index in [0.717, 1.165) is 17.2 Å². The first-order valence-electron chi connectivity index (χ1n) is 5.61. The zero-order valence-corrected chi connectivity index (χ0v) is 10.4. The minimum absolute atomic E-state index is 0.287. The Morgan fingerprint density at radius 3 is 2.59 bits per heavy atom. The number of rotatable bonds is 6. The third kappa shape index (κ3) is 3.58. The molecule has 1 aromatic rings. The van der Waals surface area contributed by atoms with Crippen molar-refractivity contribution in [1.29, 1.82) is 0 Å². The lowest BCUT2D eigenvalue weighted by Gasteiger charge is -2.16. The fourth-order valence-corrected chi connectivity index (χ4v) is 1.59. The number of aromatic nitrogens is 2. The lowest BCUT2D eigenvalue weighted by atomic mass is 10.0. The summed E-state index contributed by atoms with van der Waals surface area (Å²) in [6.45, 7) is 4.62. The molecule has 94 valence electrons. The SMILES string of the molecule is CNc1ncnc(NCCC(N)=O)c1C(C)C. The summed E-state index contributed by atoms with van der Waals surface area (Å²) < 4.78 is 0. The van der Waals surface area contributed by atoms with Gasteiger partial charge in [0, 0.05) is 25.6 Å². The molecule has 0 aliphatic rings. The number of carbonyl (C=O) groups is 1. The van der Waals surface area contributed by atoms with Gasteiger partial charge in [-0.3, -0.25) is 4.79 Å². The van der Waals surface area contributed by atoms with Crippen molar-refractivity contribution in [3.63, 3.8) is 0 Å². The lowest BCUT2D eigenvalue weighted by molar-refractivity contribution is -0.117. The van der Waals surface area contributed by atoms with Crippen LogP contribution in [0, 0.1) is 0 Å². The molecule has 0 spiro atoms. The Morgan fingerprint density at radius 1 is 1.41 bits per heavy atom. The van der Waals surface area contributed by atoms with E-state index in [1.165, 1.54) is 6.33 Å². The van der Waals surface area contributed by atoms with Crippen molar-refractivity contribution in [2.24, 2.45) is 5.73 Å². The molecule has 1 aromatic heterocycles. The van der Waals surface area contributed by atoms with E-state index in [1.54, 1.807) is 0 Å². The second kappa shape index (κ2) is 6.03. The molecule has 0 aromatic carbocycles. The van der Waals surface area contributed by atoms with Gasteiger partial charge in [0.05, 0.1) is 0 Å². The Hall–Kier alpha value is -1.85. The van der Waals surface area contributed by atoms with Gasteiger partial charge in [0.25, 0.3) is 0 Å². The zero-order valence-electron chi connectivity index (χ0n) is 10.4. The molecule has 0 saturated heterocycles. The van der Waals surface area contributed by atoms with Gasteiger partial charge in [0.2, 0.25) is 5.91 Å². The van der Waals surface area contributed by atoms with E-state index in [9.17, 15) is 4.79 Å². The molecule has 0 aliphatic carbocycles. The number of anilines is 2. The summed E-state index contributed by atoms with van der Waals surface area (Å²) in [5.41, 5.74) is 6.10. The largest absolute Gasteiger partial charge is 0.373 e. The number of carbonyl (C=O) groups excluding carboxylic acids is 1. The molecule has 0 saturated carbocycles. The molecular formula is C11H19N5O. The van der Waals surface area contributed by atoms with E-state index in [0.29, 0.717) is 6.54 Å². The smallest absolute Gasteiger partial charge is 0.219 e. The third-order valence-corrected chi connectivity index (χ3v) is 2.36. The predicted molar refractivity (Wildman–Crippen MR) is 68.0 cm³/mol. The topological polar surface area (TPSA) is 92.9 Å². The van der Waals surface area contributed by atoms with Gasteiger partial charge in [-0.25, -0.2) is 9.97 Å². The molecule has 1 heterocycles. The van der Waals surface area contributed by atoms with Crippen molar-refractivity contribution in [2.75, 3.05) is 24.2 Å². The summed E-state index contributed by atoms with van der Waals surface area (Å²) in [6, 6.07) is 0. The number of nitrogens with two attached hydrogens (primary N) is 1. The average molecular weight is 237 g/mol. The number of nitrogens with one attached hydrogen (secondary N) is 2. The summed E-state index contributed by atoms with van der Waals surface area (Å²) in [7, 11) is 1.82. The van der Waals surface area contributed by atoms with Crippen molar-refractivity contribution in [3.05, 3.63) is 11.9 Å². The molecule has 1 amide bonds. The van der Waals surface area contributed by atoms with Gasteiger partial charge in [0.1, 0.15) is 18.0 Å². The first-order valence-corrected chi connectivity index (χ1v) is 5.61. The average Bonchev–Trinajstić information content (AvgIpc) is 2.27. The van der Waals surface area contributed by atoms with Crippen molar-refractivity contribution in [3.8, 4) is 0 Å². The van der Waals surface area contributed by atoms with Gasteiger partial charge in [-0.15, -0.1) is 0 Å². The van der Waals surface area contributed by atoms with Gasteiger partial charge in [0.15, 0.2) is 0 Å².